The number of alkyl halides is 3. The van der Waals surface area contributed by atoms with E-state index in [1.165, 1.54) is 18.2 Å². The molecule has 28 heavy (non-hydrogen) atoms. The third-order valence-electron chi connectivity index (χ3n) is 3.84. The molecule has 0 fully saturated rings. The largest absolute Gasteiger partial charge is 0.489 e. The van der Waals surface area contributed by atoms with E-state index >= 15 is 0 Å². The summed E-state index contributed by atoms with van der Waals surface area (Å²) in [6, 6.07) is 20.2. The zero-order valence-corrected chi connectivity index (χ0v) is 14.7. The molecular formula is C21H17F3N2O2. The van der Waals surface area contributed by atoms with E-state index in [1.54, 1.807) is 24.3 Å². The molecule has 0 bridgehead atoms. The van der Waals surface area contributed by atoms with Crippen LogP contribution in [-0.2, 0) is 12.8 Å². The van der Waals surface area contributed by atoms with Gasteiger partial charge in [0.05, 0.1) is 11.3 Å². The van der Waals surface area contributed by atoms with Gasteiger partial charge in [-0.2, -0.15) is 13.2 Å². The zero-order valence-electron chi connectivity index (χ0n) is 14.7. The highest BCUT2D eigenvalue weighted by Crippen LogP contribution is 2.34. The average molecular weight is 386 g/mol. The molecule has 0 aliphatic rings. The van der Waals surface area contributed by atoms with Crippen molar-refractivity contribution in [2.45, 2.75) is 12.8 Å². The topological polar surface area (TPSA) is 50.4 Å². The first-order valence-electron chi connectivity index (χ1n) is 8.43. The summed E-state index contributed by atoms with van der Waals surface area (Å²) in [5.74, 6) is 0.609. The number of halogens is 3. The number of nitrogens with one attached hydrogen (secondary N) is 2. The Kier molecular flexibility index (Phi) is 5.84. The van der Waals surface area contributed by atoms with E-state index in [-0.39, 0.29) is 5.69 Å². The maximum Gasteiger partial charge on any atom is 0.418 e. The molecule has 0 saturated heterocycles. The Hall–Kier alpha value is -3.48. The van der Waals surface area contributed by atoms with E-state index < -0.39 is 17.8 Å². The molecule has 7 heteroatoms. The number of anilines is 2. The maximum absolute atomic E-state index is 13.0. The number of amides is 2. The van der Waals surface area contributed by atoms with Crippen molar-refractivity contribution in [3.63, 3.8) is 0 Å². The highest BCUT2D eigenvalue weighted by Gasteiger charge is 2.33. The number of hydrogen-bond donors (Lipinski definition) is 2. The molecule has 3 rings (SSSR count). The third kappa shape index (κ3) is 5.26. The minimum absolute atomic E-state index is 0.310. The molecule has 0 spiro atoms. The van der Waals surface area contributed by atoms with Crippen LogP contribution in [0.2, 0.25) is 0 Å². The number of carbonyl (C=O) groups excluding carboxylic acids is 1. The predicted molar refractivity (Wildman–Crippen MR) is 101 cm³/mol. The Bertz CT molecular complexity index is 926. The third-order valence-corrected chi connectivity index (χ3v) is 3.84. The second kappa shape index (κ2) is 8.47. The summed E-state index contributed by atoms with van der Waals surface area (Å²) in [6.45, 7) is 0.405. The first kappa shape index (κ1) is 19.3. The molecule has 0 saturated carbocycles. The quantitative estimate of drug-likeness (QED) is 0.571. The molecule has 0 aliphatic carbocycles. The number of hydrogen-bond acceptors (Lipinski definition) is 2. The fourth-order valence-corrected chi connectivity index (χ4v) is 2.50. The fraction of sp³-hybridized carbons (Fsp3) is 0.0952. The van der Waals surface area contributed by atoms with Gasteiger partial charge in [0, 0.05) is 5.69 Å². The summed E-state index contributed by atoms with van der Waals surface area (Å²) in [5, 5.41) is 4.72. The van der Waals surface area contributed by atoms with Crippen molar-refractivity contribution < 1.29 is 22.7 Å². The normalized spacial score (nSPS) is 11.0. The molecule has 0 aliphatic heterocycles. The van der Waals surface area contributed by atoms with E-state index in [0.29, 0.717) is 18.0 Å². The van der Waals surface area contributed by atoms with Crippen LogP contribution in [-0.4, -0.2) is 6.03 Å². The standard InChI is InChI=1S/C21H17F3N2O2/c22-21(23,24)18-8-4-5-9-19(18)26-20(27)25-16-10-12-17(13-11-16)28-14-15-6-2-1-3-7-15/h1-13H,14H2,(H2,25,26,27). The van der Waals surface area contributed by atoms with Gasteiger partial charge in [-0.3, -0.25) is 0 Å². The molecule has 0 unspecified atom stereocenters. The summed E-state index contributed by atoms with van der Waals surface area (Å²) >= 11 is 0. The summed E-state index contributed by atoms with van der Waals surface area (Å²) in [5.41, 5.74) is 0.228. The Morgan fingerprint density at radius 1 is 0.821 bits per heavy atom. The molecule has 3 aromatic carbocycles. The van der Waals surface area contributed by atoms with Gasteiger partial charge in [0.25, 0.3) is 0 Å². The minimum atomic E-state index is -4.55. The fourth-order valence-electron chi connectivity index (χ4n) is 2.50. The van der Waals surface area contributed by atoms with Gasteiger partial charge in [-0.25, -0.2) is 4.79 Å². The highest BCUT2D eigenvalue weighted by molar-refractivity contribution is 6.00. The molecule has 2 amide bonds. The van der Waals surface area contributed by atoms with Crippen LogP contribution in [0.15, 0.2) is 78.9 Å². The molecule has 3 aromatic rings. The van der Waals surface area contributed by atoms with Crippen molar-refractivity contribution in [3.8, 4) is 5.75 Å². The lowest BCUT2D eigenvalue weighted by Crippen LogP contribution is -2.21. The van der Waals surface area contributed by atoms with Gasteiger partial charge in [0.1, 0.15) is 12.4 Å². The van der Waals surface area contributed by atoms with Crippen LogP contribution < -0.4 is 15.4 Å². The Labute approximate surface area is 160 Å². The first-order valence-corrected chi connectivity index (χ1v) is 8.43. The van der Waals surface area contributed by atoms with Crippen molar-refractivity contribution in [2.75, 3.05) is 10.6 Å². The summed E-state index contributed by atoms with van der Waals surface area (Å²) in [7, 11) is 0. The number of rotatable bonds is 5. The lowest BCUT2D eigenvalue weighted by molar-refractivity contribution is -0.136. The molecule has 144 valence electrons. The SMILES string of the molecule is O=C(Nc1ccc(OCc2ccccc2)cc1)Nc1ccccc1C(F)(F)F. The van der Waals surface area contributed by atoms with E-state index in [9.17, 15) is 18.0 Å². The van der Waals surface area contributed by atoms with Gasteiger partial charge in [-0.05, 0) is 42.0 Å². The minimum Gasteiger partial charge on any atom is -0.489 e. The summed E-state index contributed by atoms with van der Waals surface area (Å²) in [4.78, 5) is 12.0. The van der Waals surface area contributed by atoms with E-state index in [2.05, 4.69) is 10.6 Å². The number of para-hydroxylation sites is 1. The molecule has 0 aromatic heterocycles. The van der Waals surface area contributed by atoms with Crippen molar-refractivity contribution >= 4 is 17.4 Å². The van der Waals surface area contributed by atoms with Crippen molar-refractivity contribution in [2.24, 2.45) is 0 Å². The van der Waals surface area contributed by atoms with Crippen molar-refractivity contribution in [1.82, 2.24) is 0 Å². The number of ether oxygens (including phenoxy) is 1. The molecular weight excluding hydrogens is 369 g/mol. The van der Waals surface area contributed by atoms with Crippen LogP contribution in [0.1, 0.15) is 11.1 Å². The maximum atomic E-state index is 13.0. The second-order valence-corrected chi connectivity index (χ2v) is 5.92. The van der Waals surface area contributed by atoms with Gasteiger partial charge in [-0.1, -0.05) is 42.5 Å². The van der Waals surface area contributed by atoms with Gasteiger partial charge < -0.3 is 15.4 Å². The monoisotopic (exact) mass is 386 g/mol. The van der Waals surface area contributed by atoms with Crippen LogP contribution >= 0.6 is 0 Å². The van der Waals surface area contributed by atoms with E-state index in [1.807, 2.05) is 30.3 Å². The van der Waals surface area contributed by atoms with Crippen LogP contribution in [0.25, 0.3) is 0 Å². The van der Waals surface area contributed by atoms with Crippen LogP contribution in [0.5, 0.6) is 5.75 Å². The molecule has 4 nitrogen and oxygen atoms in total. The summed E-state index contributed by atoms with van der Waals surface area (Å²) in [6.07, 6.45) is -4.55. The lowest BCUT2D eigenvalue weighted by atomic mass is 10.1. The highest BCUT2D eigenvalue weighted by atomic mass is 19.4. The second-order valence-electron chi connectivity index (χ2n) is 5.92. The molecule has 0 heterocycles. The van der Waals surface area contributed by atoms with Gasteiger partial charge in [-0.15, -0.1) is 0 Å². The predicted octanol–water partition coefficient (Wildman–Crippen LogP) is 5.93. The zero-order chi connectivity index (χ0) is 20.0. The molecule has 2 N–H and O–H groups in total. The van der Waals surface area contributed by atoms with Gasteiger partial charge >= 0.3 is 12.2 Å². The number of carbonyl (C=O) groups is 1. The molecule has 0 atom stereocenters. The van der Waals surface area contributed by atoms with Gasteiger partial charge in [0.15, 0.2) is 0 Å². The lowest BCUT2D eigenvalue weighted by Gasteiger charge is -2.14. The van der Waals surface area contributed by atoms with Crippen LogP contribution in [0.4, 0.5) is 29.3 Å². The average Bonchev–Trinajstić information content (AvgIpc) is 2.68. The van der Waals surface area contributed by atoms with Crippen LogP contribution in [0.3, 0.4) is 0 Å². The van der Waals surface area contributed by atoms with E-state index in [4.69, 9.17) is 4.74 Å². The Morgan fingerprint density at radius 3 is 2.14 bits per heavy atom. The smallest absolute Gasteiger partial charge is 0.418 e. The van der Waals surface area contributed by atoms with Crippen molar-refractivity contribution in [3.05, 3.63) is 90.0 Å². The summed E-state index contributed by atoms with van der Waals surface area (Å²) < 4.78 is 44.6. The first-order chi connectivity index (χ1) is 13.4. The number of benzene rings is 3. The number of urea groups is 1. The van der Waals surface area contributed by atoms with E-state index in [0.717, 1.165) is 11.6 Å². The van der Waals surface area contributed by atoms with Crippen molar-refractivity contribution in [1.29, 1.82) is 0 Å². The van der Waals surface area contributed by atoms with Gasteiger partial charge in [0.2, 0.25) is 0 Å². The Balaban J connectivity index is 1.58. The Morgan fingerprint density at radius 2 is 1.46 bits per heavy atom. The molecule has 0 radical (unpaired) electrons. The van der Waals surface area contributed by atoms with Crippen LogP contribution in [0, 0.1) is 0 Å².